The van der Waals surface area contributed by atoms with Gasteiger partial charge in [0.05, 0.1) is 5.56 Å². The largest absolute Gasteiger partial charge is 0.339 e. The van der Waals surface area contributed by atoms with Crippen LogP contribution in [-0.2, 0) is 13.5 Å². The minimum absolute atomic E-state index is 0.0546. The molecule has 1 unspecified atom stereocenters. The van der Waals surface area contributed by atoms with Crippen LogP contribution in [0.4, 0.5) is 5.69 Å². The molecule has 25 heavy (non-hydrogen) atoms. The number of rotatable bonds is 0. The fraction of sp³-hybridized carbons (Fsp3) is 0.238. The van der Waals surface area contributed by atoms with E-state index in [1.54, 1.807) is 0 Å². The van der Waals surface area contributed by atoms with Gasteiger partial charge in [0.2, 0.25) is 0 Å². The van der Waals surface area contributed by atoms with Gasteiger partial charge >= 0.3 is 0 Å². The van der Waals surface area contributed by atoms with Gasteiger partial charge in [0.25, 0.3) is 5.91 Å². The van der Waals surface area contributed by atoms with Crippen LogP contribution in [-0.4, -0.2) is 22.3 Å². The molecule has 1 aromatic heterocycles. The van der Waals surface area contributed by atoms with Gasteiger partial charge in [-0.2, -0.15) is 0 Å². The number of aryl methyl sites for hydroxylation is 2. The van der Waals surface area contributed by atoms with Crippen molar-refractivity contribution < 1.29 is 9.59 Å². The molecule has 0 fully saturated rings. The molecule has 0 saturated heterocycles. The molecule has 2 aliphatic heterocycles. The molecule has 5 rings (SSSR count). The summed E-state index contributed by atoms with van der Waals surface area (Å²) in [7, 11) is 1.88. The number of hydrogen-bond donors (Lipinski definition) is 0. The van der Waals surface area contributed by atoms with Gasteiger partial charge in [-0.05, 0) is 30.5 Å². The molecule has 0 N–H and O–H groups in total. The third-order valence-corrected chi connectivity index (χ3v) is 5.59. The lowest BCUT2D eigenvalue weighted by Gasteiger charge is -2.35. The summed E-state index contributed by atoms with van der Waals surface area (Å²) in [5.74, 6) is 0.0173. The molecule has 124 valence electrons. The fourth-order valence-corrected chi connectivity index (χ4v) is 4.43. The van der Waals surface area contributed by atoms with E-state index in [1.165, 1.54) is 5.56 Å². The van der Waals surface area contributed by atoms with Crippen LogP contribution in [0, 0.1) is 0 Å². The van der Waals surface area contributed by atoms with E-state index in [0.717, 1.165) is 29.4 Å². The van der Waals surface area contributed by atoms with E-state index in [1.807, 2.05) is 59.0 Å². The maximum Gasteiger partial charge on any atom is 0.275 e. The van der Waals surface area contributed by atoms with Crippen LogP contribution in [0.3, 0.4) is 0 Å². The van der Waals surface area contributed by atoms with Crippen molar-refractivity contribution in [3.8, 4) is 0 Å². The van der Waals surface area contributed by atoms with Gasteiger partial charge in [-0.1, -0.05) is 36.4 Å². The van der Waals surface area contributed by atoms with E-state index < -0.39 is 0 Å². The van der Waals surface area contributed by atoms with Crippen molar-refractivity contribution in [2.24, 2.45) is 7.05 Å². The number of Topliss-reactive ketones (excluding diaryl/α,β-unsaturated/α-hetero) is 1. The number of anilines is 1. The number of hydrogen-bond acceptors (Lipinski definition) is 2. The molecule has 0 spiro atoms. The van der Waals surface area contributed by atoms with E-state index in [4.69, 9.17) is 0 Å². The second-order valence-corrected chi connectivity index (χ2v) is 6.92. The lowest BCUT2D eigenvalue weighted by Crippen LogP contribution is -2.43. The Hall–Kier alpha value is -2.88. The summed E-state index contributed by atoms with van der Waals surface area (Å²) in [5, 5.41) is 0.881. The van der Waals surface area contributed by atoms with E-state index in [2.05, 4.69) is 6.07 Å². The minimum atomic E-state index is -0.0586. The quantitative estimate of drug-likeness (QED) is 0.630. The molecular formula is C21H18N2O2. The van der Waals surface area contributed by atoms with Crippen molar-refractivity contribution in [1.82, 2.24) is 4.57 Å². The first-order valence-corrected chi connectivity index (χ1v) is 8.69. The van der Waals surface area contributed by atoms with E-state index in [0.29, 0.717) is 17.7 Å². The van der Waals surface area contributed by atoms with Crippen molar-refractivity contribution in [3.05, 3.63) is 65.4 Å². The SMILES string of the molecule is Cn1c2c(c3ccccc31)C(=O)CC1CCc3ccccc3N1C2=O. The summed E-state index contributed by atoms with van der Waals surface area (Å²) < 4.78 is 1.88. The molecule has 0 saturated carbocycles. The highest BCUT2D eigenvalue weighted by atomic mass is 16.2. The van der Waals surface area contributed by atoms with Crippen molar-refractivity contribution in [1.29, 1.82) is 0 Å². The number of carbonyl (C=O) groups is 2. The van der Waals surface area contributed by atoms with Crippen LogP contribution in [0.15, 0.2) is 48.5 Å². The third-order valence-electron chi connectivity index (χ3n) is 5.59. The van der Waals surface area contributed by atoms with Gasteiger partial charge in [0.15, 0.2) is 5.78 Å². The van der Waals surface area contributed by atoms with Crippen LogP contribution in [0.1, 0.15) is 39.3 Å². The number of amides is 1. The first-order chi connectivity index (χ1) is 12.2. The van der Waals surface area contributed by atoms with Crippen LogP contribution in [0.25, 0.3) is 10.9 Å². The standard InChI is InChI=1S/C21H18N2O2/c1-22-17-9-5-3-7-15(17)19-18(24)12-14-11-10-13-6-2-4-8-16(13)23(14)21(25)20(19)22/h2-9,14H,10-12H2,1H3. The number of ketones is 1. The molecule has 4 nitrogen and oxygen atoms in total. The Morgan fingerprint density at radius 2 is 1.76 bits per heavy atom. The first-order valence-electron chi connectivity index (χ1n) is 8.69. The molecule has 2 aliphatic rings. The maximum absolute atomic E-state index is 13.5. The Balaban J connectivity index is 1.80. The number of para-hydroxylation sites is 2. The summed E-state index contributed by atoms with van der Waals surface area (Å²) in [4.78, 5) is 28.4. The molecular weight excluding hydrogens is 312 g/mol. The molecule has 0 radical (unpaired) electrons. The third kappa shape index (κ3) is 1.88. The number of carbonyl (C=O) groups excluding carboxylic acids is 2. The zero-order valence-corrected chi connectivity index (χ0v) is 14.0. The van der Waals surface area contributed by atoms with E-state index >= 15 is 0 Å². The van der Waals surface area contributed by atoms with Gasteiger partial charge in [-0.3, -0.25) is 9.59 Å². The number of aromatic nitrogens is 1. The average Bonchev–Trinajstić information content (AvgIpc) is 2.87. The smallest absolute Gasteiger partial charge is 0.275 e. The number of fused-ring (bicyclic) bond motifs is 6. The number of nitrogens with zero attached hydrogens (tertiary/aromatic N) is 2. The summed E-state index contributed by atoms with van der Waals surface area (Å²) in [5.41, 5.74) is 4.18. The van der Waals surface area contributed by atoms with Crippen LogP contribution >= 0.6 is 0 Å². The Labute approximate surface area is 145 Å². The Bertz CT molecular complexity index is 1050. The lowest BCUT2D eigenvalue weighted by molar-refractivity contribution is 0.0965. The lowest BCUT2D eigenvalue weighted by atomic mass is 9.93. The van der Waals surface area contributed by atoms with Crippen molar-refractivity contribution in [2.45, 2.75) is 25.3 Å². The van der Waals surface area contributed by atoms with E-state index in [-0.39, 0.29) is 17.7 Å². The summed E-state index contributed by atoms with van der Waals surface area (Å²) in [6.45, 7) is 0. The summed E-state index contributed by atoms with van der Waals surface area (Å²) in [6, 6.07) is 15.8. The molecule has 0 aliphatic carbocycles. The molecule has 1 amide bonds. The predicted molar refractivity (Wildman–Crippen MR) is 97.2 cm³/mol. The Morgan fingerprint density at radius 1 is 1.00 bits per heavy atom. The van der Waals surface area contributed by atoms with Crippen LogP contribution < -0.4 is 4.90 Å². The van der Waals surface area contributed by atoms with Gasteiger partial charge in [0.1, 0.15) is 5.69 Å². The summed E-state index contributed by atoms with van der Waals surface area (Å²) >= 11 is 0. The molecule has 1 atom stereocenters. The molecule has 3 heterocycles. The Kier molecular flexibility index (Phi) is 2.93. The van der Waals surface area contributed by atoms with Crippen LogP contribution in [0.2, 0.25) is 0 Å². The number of benzene rings is 2. The molecule has 4 heteroatoms. The molecule has 0 bridgehead atoms. The topological polar surface area (TPSA) is 42.3 Å². The van der Waals surface area contributed by atoms with Crippen molar-refractivity contribution in [3.63, 3.8) is 0 Å². The monoisotopic (exact) mass is 330 g/mol. The maximum atomic E-state index is 13.5. The zero-order chi connectivity index (χ0) is 17.1. The average molecular weight is 330 g/mol. The van der Waals surface area contributed by atoms with Gasteiger partial charge < -0.3 is 9.47 Å². The first kappa shape index (κ1) is 14.5. The highest BCUT2D eigenvalue weighted by molar-refractivity contribution is 6.22. The van der Waals surface area contributed by atoms with Crippen LogP contribution in [0.5, 0.6) is 0 Å². The second kappa shape index (κ2) is 5.06. The zero-order valence-electron chi connectivity index (χ0n) is 14.0. The minimum Gasteiger partial charge on any atom is -0.339 e. The molecule has 3 aromatic rings. The van der Waals surface area contributed by atoms with Gasteiger partial charge in [0, 0.05) is 36.1 Å². The predicted octanol–water partition coefficient (Wildman–Crippen LogP) is 3.73. The second-order valence-electron chi connectivity index (χ2n) is 6.92. The highest BCUT2D eigenvalue weighted by Crippen LogP contribution is 2.38. The molecule has 2 aromatic carbocycles. The van der Waals surface area contributed by atoms with Gasteiger partial charge in [-0.25, -0.2) is 0 Å². The van der Waals surface area contributed by atoms with Gasteiger partial charge in [-0.15, -0.1) is 0 Å². The normalized spacial score (nSPS) is 19.4. The van der Waals surface area contributed by atoms with E-state index in [9.17, 15) is 9.59 Å². The Morgan fingerprint density at radius 3 is 2.64 bits per heavy atom. The van der Waals surface area contributed by atoms with Crippen molar-refractivity contribution >= 4 is 28.3 Å². The van der Waals surface area contributed by atoms with Crippen molar-refractivity contribution in [2.75, 3.05) is 4.90 Å². The summed E-state index contributed by atoms with van der Waals surface area (Å²) in [6.07, 6.45) is 2.14. The highest BCUT2D eigenvalue weighted by Gasteiger charge is 2.40. The fourth-order valence-electron chi connectivity index (χ4n) is 4.43.